The fraction of sp³-hybridized carbons (Fsp3) is 0.400. The van der Waals surface area contributed by atoms with Gasteiger partial charge in [0.25, 0.3) is 0 Å². The lowest BCUT2D eigenvalue weighted by Gasteiger charge is -2.19. The van der Waals surface area contributed by atoms with Gasteiger partial charge >= 0.3 is 5.97 Å². The first kappa shape index (κ1) is 11.3. The molecule has 0 bridgehead atoms. The summed E-state index contributed by atoms with van der Waals surface area (Å²) in [6.07, 6.45) is 1.34. The molecule has 0 amide bonds. The summed E-state index contributed by atoms with van der Waals surface area (Å²) in [4.78, 5) is 15.4. The SMILES string of the molecule is CC(C)(C)OC(=O)c1cc(N)ncc1N. The van der Waals surface area contributed by atoms with Crippen molar-refractivity contribution in [2.24, 2.45) is 0 Å². The van der Waals surface area contributed by atoms with Crippen molar-refractivity contribution < 1.29 is 9.53 Å². The zero-order valence-electron chi connectivity index (χ0n) is 9.07. The molecule has 0 fully saturated rings. The topological polar surface area (TPSA) is 91.2 Å². The van der Waals surface area contributed by atoms with Gasteiger partial charge in [-0.25, -0.2) is 9.78 Å². The van der Waals surface area contributed by atoms with Gasteiger partial charge in [-0.15, -0.1) is 0 Å². The van der Waals surface area contributed by atoms with Gasteiger partial charge in [-0.3, -0.25) is 0 Å². The quantitative estimate of drug-likeness (QED) is 0.678. The van der Waals surface area contributed by atoms with Gasteiger partial charge in [0.15, 0.2) is 0 Å². The van der Waals surface area contributed by atoms with Crippen LogP contribution in [-0.4, -0.2) is 16.6 Å². The average molecular weight is 209 g/mol. The summed E-state index contributed by atoms with van der Waals surface area (Å²) in [6, 6.07) is 1.41. The van der Waals surface area contributed by atoms with Crippen molar-refractivity contribution >= 4 is 17.5 Å². The Balaban J connectivity index is 2.96. The highest BCUT2D eigenvalue weighted by atomic mass is 16.6. The molecule has 0 aliphatic rings. The minimum absolute atomic E-state index is 0.241. The van der Waals surface area contributed by atoms with Crippen LogP contribution in [-0.2, 0) is 4.74 Å². The predicted molar refractivity (Wildman–Crippen MR) is 58.2 cm³/mol. The highest BCUT2D eigenvalue weighted by Gasteiger charge is 2.19. The van der Waals surface area contributed by atoms with E-state index < -0.39 is 11.6 Å². The first-order chi connectivity index (χ1) is 6.79. The molecule has 0 unspecified atom stereocenters. The molecule has 1 aromatic heterocycles. The maximum Gasteiger partial charge on any atom is 0.340 e. The molecule has 1 rings (SSSR count). The number of nitrogen functional groups attached to an aromatic ring is 2. The van der Waals surface area contributed by atoms with Crippen LogP contribution in [0, 0.1) is 0 Å². The Bertz CT molecular complexity index is 383. The number of rotatable bonds is 1. The minimum Gasteiger partial charge on any atom is -0.456 e. The molecule has 5 nitrogen and oxygen atoms in total. The maximum absolute atomic E-state index is 11.6. The van der Waals surface area contributed by atoms with Crippen LogP contribution in [0.4, 0.5) is 11.5 Å². The van der Waals surface area contributed by atoms with Crippen molar-refractivity contribution in [1.29, 1.82) is 0 Å². The van der Waals surface area contributed by atoms with E-state index in [0.717, 1.165) is 0 Å². The monoisotopic (exact) mass is 209 g/mol. The number of nitrogens with zero attached hydrogens (tertiary/aromatic N) is 1. The van der Waals surface area contributed by atoms with Crippen LogP contribution < -0.4 is 11.5 Å². The number of nitrogens with two attached hydrogens (primary N) is 2. The van der Waals surface area contributed by atoms with E-state index in [1.807, 2.05) is 0 Å². The summed E-state index contributed by atoms with van der Waals surface area (Å²) in [6.45, 7) is 5.35. The van der Waals surface area contributed by atoms with Crippen LogP contribution in [0.5, 0.6) is 0 Å². The second-order valence-corrected chi connectivity index (χ2v) is 4.20. The Kier molecular flexibility index (Phi) is 2.83. The molecule has 15 heavy (non-hydrogen) atoms. The number of aromatic nitrogens is 1. The molecule has 0 atom stereocenters. The molecule has 0 spiro atoms. The lowest BCUT2D eigenvalue weighted by Crippen LogP contribution is -2.24. The van der Waals surface area contributed by atoms with Crippen LogP contribution in [0.3, 0.4) is 0 Å². The lowest BCUT2D eigenvalue weighted by atomic mass is 10.1. The number of ether oxygens (including phenoxy) is 1. The summed E-state index contributed by atoms with van der Waals surface area (Å²) in [7, 11) is 0. The molecule has 4 N–H and O–H groups in total. The van der Waals surface area contributed by atoms with Crippen LogP contribution >= 0.6 is 0 Å². The second kappa shape index (κ2) is 3.76. The third-order valence-corrected chi connectivity index (χ3v) is 1.57. The molecule has 0 aliphatic heterocycles. The first-order valence-corrected chi connectivity index (χ1v) is 4.54. The number of hydrogen-bond donors (Lipinski definition) is 2. The molecule has 0 saturated carbocycles. The average Bonchev–Trinajstić information content (AvgIpc) is 2.06. The zero-order valence-corrected chi connectivity index (χ0v) is 9.07. The number of pyridine rings is 1. The largest absolute Gasteiger partial charge is 0.456 e. The molecule has 0 aromatic carbocycles. The van der Waals surface area contributed by atoms with Crippen molar-refractivity contribution in [1.82, 2.24) is 4.98 Å². The summed E-state index contributed by atoms with van der Waals surface area (Å²) < 4.78 is 5.16. The first-order valence-electron chi connectivity index (χ1n) is 4.54. The predicted octanol–water partition coefficient (Wildman–Crippen LogP) is 1.20. The molecule has 1 aromatic rings. The number of anilines is 2. The van der Waals surface area contributed by atoms with E-state index >= 15 is 0 Å². The van der Waals surface area contributed by atoms with E-state index in [4.69, 9.17) is 16.2 Å². The second-order valence-electron chi connectivity index (χ2n) is 4.20. The smallest absolute Gasteiger partial charge is 0.340 e. The number of carbonyl (C=O) groups excluding carboxylic acids is 1. The Morgan fingerprint density at radius 3 is 2.53 bits per heavy atom. The molecule has 1 heterocycles. The minimum atomic E-state index is -0.554. The standard InChI is InChI=1S/C10H15N3O2/c1-10(2,3)15-9(14)6-4-8(12)13-5-7(6)11/h4-5H,11H2,1-3H3,(H2,12,13). The van der Waals surface area contributed by atoms with Crippen molar-refractivity contribution in [3.63, 3.8) is 0 Å². The van der Waals surface area contributed by atoms with Gasteiger partial charge in [0.1, 0.15) is 11.4 Å². The summed E-state index contributed by atoms with van der Waals surface area (Å²) in [5.41, 5.74) is 11.0. The summed E-state index contributed by atoms with van der Waals surface area (Å²) >= 11 is 0. The Morgan fingerprint density at radius 2 is 2.00 bits per heavy atom. The van der Waals surface area contributed by atoms with Crippen LogP contribution in [0.25, 0.3) is 0 Å². The maximum atomic E-state index is 11.6. The molecule has 82 valence electrons. The summed E-state index contributed by atoms with van der Waals surface area (Å²) in [5, 5.41) is 0. The van der Waals surface area contributed by atoms with E-state index in [9.17, 15) is 4.79 Å². The number of esters is 1. The van der Waals surface area contributed by atoms with E-state index in [-0.39, 0.29) is 17.1 Å². The van der Waals surface area contributed by atoms with E-state index in [2.05, 4.69) is 4.98 Å². The Hall–Kier alpha value is -1.78. The molecular weight excluding hydrogens is 194 g/mol. The van der Waals surface area contributed by atoms with Gasteiger partial charge in [-0.2, -0.15) is 0 Å². The van der Waals surface area contributed by atoms with Crippen molar-refractivity contribution in [3.8, 4) is 0 Å². The van der Waals surface area contributed by atoms with Crippen molar-refractivity contribution in [2.45, 2.75) is 26.4 Å². The van der Waals surface area contributed by atoms with Gasteiger partial charge < -0.3 is 16.2 Å². The van der Waals surface area contributed by atoms with Crippen LogP contribution in [0.2, 0.25) is 0 Å². The highest BCUT2D eigenvalue weighted by molar-refractivity contribution is 5.95. The van der Waals surface area contributed by atoms with Crippen molar-refractivity contribution in [2.75, 3.05) is 11.5 Å². The normalized spacial score (nSPS) is 11.1. The molecule has 5 heteroatoms. The van der Waals surface area contributed by atoms with Crippen LogP contribution in [0.15, 0.2) is 12.3 Å². The van der Waals surface area contributed by atoms with Gasteiger partial charge in [0, 0.05) is 0 Å². The highest BCUT2D eigenvalue weighted by Crippen LogP contribution is 2.17. The van der Waals surface area contributed by atoms with Gasteiger partial charge in [0.05, 0.1) is 17.4 Å². The van der Waals surface area contributed by atoms with Crippen molar-refractivity contribution in [3.05, 3.63) is 17.8 Å². The Labute approximate surface area is 88.4 Å². The van der Waals surface area contributed by atoms with Gasteiger partial charge in [0.2, 0.25) is 0 Å². The summed E-state index contributed by atoms with van der Waals surface area (Å²) in [5.74, 6) is -0.251. The lowest BCUT2D eigenvalue weighted by molar-refractivity contribution is 0.00707. The number of carbonyl (C=O) groups is 1. The Morgan fingerprint density at radius 1 is 1.40 bits per heavy atom. The van der Waals surface area contributed by atoms with E-state index in [1.165, 1.54) is 12.3 Å². The molecule has 0 aliphatic carbocycles. The van der Waals surface area contributed by atoms with Crippen LogP contribution in [0.1, 0.15) is 31.1 Å². The van der Waals surface area contributed by atoms with Gasteiger partial charge in [-0.1, -0.05) is 0 Å². The number of hydrogen-bond acceptors (Lipinski definition) is 5. The third kappa shape index (κ3) is 3.12. The zero-order chi connectivity index (χ0) is 11.6. The molecule has 0 radical (unpaired) electrons. The third-order valence-electron chi connectivity index (χ3n) is 1.57. The molecule has 0 saturated heterocycles. The fourth-order valence-electron chi connectivity index (χ4n) is 0.992. The van der Waals surface area contributed by atoms with E-state index in [1.54, 1.807) is 20.8 Å². The van der Waals surface area contributed by atoms with Gasteiger partial charge in [-0.05, 0) is 26.8 Å². The fourth-order valence-corrected chi connectivity index (χ4v) is 0.992. The van der Waals surface area contributed by atoms with E-state index in [0.29, 0.717) is 0 Å². The molecular formula is C10H15N3O2.